The normalized spacial score (nSPS) is 14.3. The third kappa shape index (κ3) is 4.94. The first-order chi connectivity index (χ1) is 29.3. The highest BCUT2D eigenvalue weighted by atomic mass is 16.3. The van der Waals surface area contributed by atoms with Crippen molar-refractivity contribution < 1.29 is 4.42 Å². The van der Waals surface area contributed by atoms with Crippen LogP contribution in [0.4, 0.5) is 17.1 Å². The van der Waals surface area contributed by atoms with Gasteiger partial charge in [0.2, 0.25) is 0 Å². The second-order valence-corrected chi connectivity index (χ2v) is 17.7. The zero-order valence-electron chi connectivity index (χ0n) is 34.3. The number of rotatable bonds is 5. The first-order valence-electron chi connectivity index (χ1n) is 21.1. The molecule has 60 heavy (non-hydrogen) atoms. The molecule has 286 valence electrons. The van der Waals surface area contributed by atoms with Crippen LogP contribution in [0.25, 0.3) is 77.2 Å². The van der Waals surface area contributed by atoms with Crippen LogP contribution in [0.2, 0.25) is 0 Å². The van der Waals surface area contributed by atoms with Crippen molar-refractivity contribution in [3.63, 3.8) is 0 Å². The lowest BCUT2D eigenvalue weighted by molar-refractivity contribution is 0.645. The molecule has 1 aromatic heterocycles. The van der Waals surface area contributed by atoms with Gasteiger partial charge in [-0.15, -0.1) is 0 Å². The maximum absolute atomic E-state index is 6.67. The molecule has 0 saturated heterocycles. The molecule has 0 radical (unpaired) electrons. The van der Waals surface area contributed by atoms with Crippen molar-refractivity contribution in [2.24, 2.45) is 0 Å². The highest BCUT2D eigenvalue weighted by Crippen LogP contribution is 2.55. The number of hydrogen-bond acceptors (Lipinski definition) is 2. The lowest BCUT2D eigenvalue weighted by Crippen LogP contribution is -2.24. The third-order valence-electron chi connectivity index (χ3n) is 13.7. The highest BCUT2D eigenvalue weighted by Gasteiger charge is 2.38. The van der Waals surface area contributed by atoms with Gasteiger partial charge >= 0.3 is 0 Å². The number of para-hydroxylation sites is 2. The van der Waals surface area contributed by atoms with Gasteiger partial charge in [0.05, 0.1) is 0 Å². The van der Waals surface area contributed by atoms with Gasteiger partial charge in [0.15, 0.2) is 0 Å². The van der Waals surface area contributed by atoms with Crippen LogP contribution in [0, 0.1) is 0 Å². The second kappa shape index (κ2) is 12.7. The van der Waals surface area contributed by atoms with E-state index in [0.29, 0.717) is 0 Å². The van der Waals surface area contributed by atoms with Crippen molar-refractivity contribution >= 4 is 49.8 Å². The fourth-order valence-electron chi connectivity index (χ4n) is 10.6. The average molecular weight is 770 g/mol. The Morgan fingerprint density at radius 1 is 0.383 bits per heavy atom. The van der Waals surface area contributed by atoms with Gasteiger partial charge in [-0.25, -0.2) is 0 Å². The Morgan fingerprint density at radius 3 is 1.77 bits per heavy atom. The quantitative estimate of drug-likeness (QED) is 0.173. The van der Waals surface area contributed by atoms with Crippen molar-refractivity contribution in [1.82, 2.24) is 0 Å². The SMILES string of the molecule is CC1(C)c2ccccc2-c2ccc(N(c3ccc(-c4ccccc4)cc3)c3ccc4c(c3)C(C)(C)c3cccc5ccc(-c6cccc7c6oc6ccccc67)c-4c35)cc21. The Labute approximate surface area is 351 Å². The Kier molecular flexibility index (Phi) is 7.36. The summed E-state index contributed by atoms with van der Waals surface area (Å²) in [5.74, 6) is 0. The largest absolute Gasteiger partial charge is 0.455 e. The van der Waals surface area contributed by atoms with Crippen LogP contribution in [0.5, 0.6) is 0 Å². The molecule has 0 bridgehead atoms. The summed E-state index contributed by atoms with van der Waals surface area (Å²) in [5, 5.41) is 4.87. The monoisotopic (exact) mass is 769 g/mol. The molecule has 2 nitrogen and oxygen atoms in total. The van der Waals surface area contributed by atoms with Gasteiger partial charge in [0.1, 0.15) is 11.2 Å². The lowest BCUT2D eigenvalue weighted by Gasteiger charge is -2.37. The van der Waals surface area contributed by atoms with Crippen molar-refractivity contribution in [3.8, 4) is 44.5 Å². The standard InChI is InChI=1S/C58H43NO/c1-57(2)49-21-10-8-17-42(49)43-32-29-40(34-51(43)57)59(39-27-24-37(25-28-39)36-14-6-5-7-15-36)41-30-33-48-52(35-41)58(3,4)50-22-12-16-38-26-31-45(55(48)54(38)50)47-20-13-19-46-44-18-9-11-23-53(44)60-56(46)47/h5-35H,1-4H3. The van der Waals surface area contributed by atoms with Crippen molar-refractivity contribution in [2.45, 2.75) is 38.5 Å². The summed E-state index contributed by atoms with van der Waals surface area (Å²) < 4.78 is 6.67. The van der Waals surface area contributed by atoms with Crippen LogP contribution >= 0.6 is 0 Å². The van der Waals surface area contributed by atoms with E-state index in [2.05, 4.69) is 221 Å². The zero-order chi connectivity index (χ0) is 40.3. The van der Waals surface area contributed by atoms with Crippen LogP contribution in [-0.4, -0.2) is 0 Å². The predicted octanol–water partition coefficient (Wildman–Crippen LogP) is 16.2. The Morgan fingerprint density at radius 2 is 0.950 bits per heavy atom. The maximum atomic E-state index is 6.67. The molecular weight excluding hydrogens is 727 g/mol. The van der Waals surface area contributed by atoms with Crippen LogP contribution < -0.4 is 4.90 Å². The minimum absolute atomic E-state index is 0.121. The van der Waals surface area contributed by atoms with Crippen LogP contribution in [0.3, 0.4) is 0 Å². The van der Waals surface area contributed by atoms with Gasteiger partial charge in [-0.1, -0.05) is 173 Å². The minimum atomic E-state index is -0.272. The molecule has 9 aromatic carbocycles. The Bertz CT molecular complexity index is 3370. The molecule has 2 aliphatic carbocycles. The van der Waals surface area contributed by atoms with Crippen molar-refractivity contribution in [1.29, 1.82) is 0 Å². The molecule has 0 aliphatic heterocycles. The number of hydrogen-bond donors (Lipinski definition) is 0. The van der Waals surface area contributed by atoms with E-state index < -0.39 is 0 Å². The molecule has 1 heterocycles. The van der Waals surface area contributed by atoms with Gasteiger partial charge < -0.3 is 9.32 Å². The molecule has 2 aliphatic rings. The van der Waals surface area contributed by atoms with E-state index in [1.165, 1.54) is 72.0 Å². The van der Waals surface area contributed by atoms with E-state index in [1.807, 2.05) is 0 Å². The zero-order valence-corrected chi connectivity index (χ0v) is 34.3. The number of fused-ring (bicyclic) bond motifs is 8. The molecule has 10 aromatic rings. The van der Waals surface area contributed by atoms with E-state index in [4.69, 9.17) is 4.42 Å². The minimum Gasteiger partial charge on any atom is -0.455 e. The van der Waals surface area contributed by atoms with Crippen LogP contribution in [0.15, 0.2) is 192 Å². The summed E-state index contributed by atoms with van der Waals surface area (Å²) in [7, 11) is 0. The van der Waals surface area contributed by atoms with E-state index >= 15 is 0 Å². The van der Waals surface area contributed by atoms with Gasteiger partial charge in [0, 0.05) is 44.2 Å². The second-order valence-electron chi connectivity index (χ2n) is 17.7. The van der Waals surface area contributed by atoms with Crippen molar-refractivity contribution in [3.05, 3.63) is 210 Å². The summed E-state index contributed by atoms with van der Waals surface area (Å²) in [4.78, 5) is 2.46. The van der Waals surface area contributed by atoms with Gasteiger partial charge in [-0.05, 0) is 114 Å². The molecule has 12 rings (SSSR count). The number of anilines is 3. The average Bonchev–Trinajstić information content (AvgIpc) is 3.78. The lowest BCUT2D eigenvalue weighted by atomic mass is 9.67. The molecule has 0 atom stereocenters. The van der Waals surface area contributed by atoms with Gasteiger partial charge in [-0.2, -0.15) is 0 Å². The Hall–Kier alpha value is -7.16. The maximum Gasteiger partial charge on any atom is 0.143 e. The van der Waals surface area contributed by atoms with Crippen LogP contribution in [-0.2, 0) is 10.8 Å². The van der Waals surface area contributed by atoms with E-state index in [1.54, 1.807) is 0 Å². The predicted molar refractivity (Wildman–Crippen MR) is 252 cm³/mol. The van der Waals surface area contributed by atoms with Gasteiger partial charge in [0.25, 0.3) is 0 Å². The first kappa shape index (κ1) is 34.8. The topological polar surface area (TPSA) is 16.4 Å². The Balaban J connectivity index is 1.08. The molecular formula is C58H43NO. The van der Waals surface area contributed by atoms with E-state index in [0.717, 1.165) is 44.6 Å². The molecule has 0 unspecified atom stereocenters. The molecule has 0 amide bonds. The van der Waals surface area contributed by atoms with E-state index in [9.17, 15) is 0 Å². The molecule has 0 fully saturated rings. The summed E-state index contributed by atoms with van der Waals surface area (Å²) >= 11 is 0. The number of furan rings is 1. The number of nitrogens with zero attached hydrogens (tertiary/aromatic N) is 1. The summed E-state index contributed by atoms with van der Waals surface area (Å²) in [6.45, 7) is 9.52. The summed E-state index contributed by atoms with van der Waals surface area (Å²) in [6.07, 6.45) is 0. The fraction of sp³-hybridized carbons (Fsp3) is 0.103. The van der Waals surface area contributed by atoms with Crippen molar-refractivity contribution in [2.75, 3.05) is 4.90 Å². The smallest absolute Gasteiger partial charge is 0.143 e. The molecule has 0 N–H and O–H groups in total. The van der Waals surface area contributed by atoms with Crippen LogP contribution in [0.1, 0.15) is 49.9 Å². The number of benzene rings is 9. The van der Waals surface area contributed by atoms with Gasteiger partial charge in [-0.3, -0.25) is 0 Å². The summed E-state index contributed by atoms with van der Waals surface area (Å²) in [6, 6.07) is 69.3. The van der Waals surface area contributed by atoms with E-state index in [-0.39, 0.29) is 10.8 Å². The highest BCUT2D eigenvalue weighted by molar-refractivity contribution is 6.15. The molecule has 2 heteroatoms. The third-order valence-corrected chi connectivity index (χ3v) is 13.7. The summed E-state index contributed by atoms with van der Waals surface area (Å²) in [5.41, 5.74) is 20.2. The molecule has 0 spiro atoms. The fourth-order valence-corrected chi connectivity index (χ4v) is 10.6. The first-order valence-corrected chi connectivity index (χ1v) is 21.1. The molecule has 0 saturated carbocycles.